The smallest absolute Gasteiger partial charge is 0.242 e. The van der Waals surface area contributed by atoms with Gasteiger partial charge < -0.3 is 21.7 Å². The van der Waals surface area contributed by atoms with E-state index in [0.717, 1.165) is 25.1 Å². The van der Waals surface area contributed by atoms with E-state index in [1.54, 1.807) is 13.1 Å². The predicted octanol–water partition coefficient (Wildman–Crippen LogP) is 0.566. The third-order valence-corrected chi connectivity index (χ3v) is 3.20. The van der Waals surface area contributed by atoms with Gasteiger partial charge in [-0.2, -0.15) is 0 Å². The molecule has 0 spiro atoms. The zero-order chi connectivity index (χ0) is 12.4. The summed E-state index contributed by atoms with van der Waals surface area (Å²) in [7, 11) is 1.66. The summed E-state index contributed by atoms with van der Waals surface area (Å²) < 4.78 is 0. The van der Waals surface area contributed by atoms with E-state index in [0.29, 0.717) is 11.4 Å². The number of likely N-dealkylation sites (N-methyl/N-ethyl adjacent to an activating group) is 1. The first-order valence-electron chi connectivity index (χ1n) is 5.76. The first-order valence-corrected chi connectivity index (χ1v) is 5.76. The van der Waals surface area contributed by atoms with E-state index in [4.69, 9.17) is 11.5 Å². The topological polar surface area (TPSA) is 84.4 Å². The van der Waals surface area contributed by atoms with Gasteiger partial charge in [0.05, 0.1) is 11.4 Å². The largest absolute Gasteiger partial charge is 0.397 e. The van der Waals surface area contributed by atoms with Crippen molar-refractivity contribution >= 4 is 23.0 Å². The van der Waals surface area contributed by atoms with Crippen molar-refractivity contribution in [3.05, 3.63) is 18.2 Å². The number of carbonyl (C=O) groups is 1. The van der Waals surface area contributed by atoms with Crippen molar-refractivity contribution in [2.45, 2.75) is 18.9 Å². The van der Waals surface area contributed by atoms with Gasteiger partial charge in [0.2, 0.25) is 5.91 Å². The highest BCUT2D eigenvalue weighted by atomic mass is 16.2. The second-order valence-corrected chi connectivity index (χ2v) is 4.28. The Kier molecular flexibility index (Phi) is 3.08. The lowest BCUT2D eigenvalue weighted by molar-refractivity contribution is -0.121. The summed E-state index contributed by atoms with van der Waals surface area (Å²) in [5.74, 6) is 0.0536. The Bertz CT molecular complexity index is 433. The standard InChI is InChI=1S/C12H18N4O/c1-15-12(17)11-3-2-6-16(11)8-4-5-9(13)10(14)7-8/h4-5,7,11H,2-3,6,13-14H2,1H3,(H,15,17). The van der Waals surface area contributed by atoms with Gasteiger partial charge in [-0.1, -0.05) is 0 Å². The van der Waals surface area contributed by atoms with E-state index in [9.17, 15) is 4.79 Å². The maximum absolute atomic E-state index is 11.7. The highest BCUT2D eigenvalue weighted by Crippen LogP contribution is 2.29. The molecule has 5 N–H and O–H groups in total. The molecule has 1 aromatic carbocycles. The summed E-state index contributed by atoms with van der Waals surface area (Å²) in [4.78, 5) is 13.8. The van der Waals surface area contributed by atoms with E-state index in [2.05, 4.69) is 10.2 Å². The number of nitrogen functional groups attached to an aromatic ring is 2. The second-order valence-electron chi connectivity index (χ2n) is 4.28. The molecule has 0 bridgehead atoms. The third-order valence-electron chi connectivity index (χ3n) is 3.20. The van der Waals surface area contributed by atoms with Crippen LogP contribution in [-0.4, -0.2) is 25.5 Å². The van der Waals surface area contributed by atoms with Crippen molar-refractivity contribution in [1.29, 1.82) is 0 Å². The van der Waals surface area contributed by atoms with Crippen LogP contribution in [0.1, 0.15) is 12.8 Å². The fourth-order valence-electron chi connectivity index (χ4n) is 2.26. The van der Waals surface area contributed by atoms with Crippen LogP contribution in [0.25, 0.3) is 0 Å². The normalized spacial score (nSPS) is 19.4. The highest BCUT2D eigenvalue weighted by molar-refractivity contribution is 5.86. The molecule has 1 unspecified atom stereocenters. The summed E-state index contributed by atoms with van der Waals surface area (Å²) in [6.45, 7) is 0.876. The fraction of sp³-hybridized carbons (Fsp3) is 0.417. The number of nitrogens with one attached hydrogen (secondary N) is 1. The molecule has 0 aromatic heterocycles. The van der Waals surface area contributed by atoms with Gasteiger partial charge in [-0.05, 0) is 31.0 Å². The molecule has 1 aromatic rings. The van der Waals surface area contributed by atoms with E-state index in [1.165, 1.54) is 0 Å². The molecule has 1 amide bonds. The van der Waals surface area contributed by atoms with Crippen molar-refractivity contribution in [2.24, 2.45) is 0 Å². The van der Waals surface area contributed by atoms with E-state index in [1.807, 2.05) is 12.1 Å². The molecule has 92 valence electrons. The van der Waals surface area contributed by atoms with Gasteiger partial charge in [-0.15, -0.1) is 0 Å². The Labute approximate surface area is 101 Å². The Morgan fingerprint density at radius 1 is 1.41 bits per heavy atom. The monoisotopic (exact) mass is 234 g/mol. The molecular formula is C12H18N4O. The molecule has 0 aliphatic carbocycles. The molecule has 0 radical (unpaired) electrons. The minimum atomic E-state index is -0.0944. The third kappa shape index (κ3) is 2.13. The average Bonchev–Trinajstić information content (AvgIpc) is 2.80. The average molecular weight is 234 g/mol. The van der Waals surface area contributed by atoms with Gasteiger partial charge in [0, 0.05) is 19.3 Å². The number of benzene rings is 1. The molecule has 5 heteroatoms. The minimum absolute atomic E-state index is 0.0536. The lowest BCUT2D eigenvalue weighted by Crippen LogP contribution is -2.42. The number of rotatable bonds is 2. The highest BCUT2D eigenvalue weighted by Gasteiger charge is 2.30. The second kappa shape index (κ2) is 4.53. The van der Waals surface area contributed by atoms with E-state index < -0.39 is 0 Å². The van der Waals surface area contributed by atoms with Crippen LogP contribution < -0.4 is 21.7 Å². The number of hydrogen-bond donors (Lipinski definition) is 3. The lowest BCUT2D eigenvalue weighted by Gasteiger charge is -2.25. The number of amides is 1. The minimum Gasteiger partial charge on any atom is -0.397 e. The molecule has 5 nitrogen and oxygen atoms in total. The Hall–Kier alpha value is -1.91. The van der Waals surface area contributed by atoms with Gasteiger partial charge in [-0.3, -0.25) is 4.79 Å². The summed E-state index contributed by atoms with van der Waals surface area (Å²) in [5.41, 5.74) is 13.6. The van der Waals surface area contributed by atoms with Gasteiger partial charge in [0.25, 0.3) is 0 Å². The van der Waals surface area contributed by atoms with Crippen LogP contribution in [0.5, 0.6) is 0 Å². The molecule has 1 saturated heterocycles. The van der Waals surface area contributed by atoms with Crippen LogP contribution in [0.2, 0.25) is 0 Å². The number of anilines is 3. The van der Waals surface area contributed by atoms with Gasteiger partial charge in [0.15, 0.2) is 0 Å². The molecule has 1 aliphatic heterocycles. The van der Waals surface area contributed by atoms with Crippen LogP contribution in [-0.2, 0) is 4.79 Å². The summed E-state index contributed by atoms with van der Waals surface area (Å²) >= 11 is 0. The fourth-order valence-corrected chi connectivity index (χ4v) is 2.26. The Morgan fingerprint density at radius 2 is 2.18 bits per heavy atom. The van der Waals surface area contributed by atoms with Crippen LogP contribution >= 0.6 is 0 Å². The van der Waals surface area contributed by atoms with Crippen molar-refractivity contribution in [2.75, 3.05) is 30.0 Å². The number of nitrogens with two attached hydrogens (primary N) is 2. The zero-order valence-electron chi connectivity index (χ0n) is 9.94. The van der Waals surface area contributed by atoms with Gasteiger partial charge in [0.1, 0.15) is 6.04 Å². The van der Waals surface area contributed by atoms with Crippen molar-refractivity contribution in [1.82, 2.24) is 5.32 Å². The van der Waals surface area contributed by atoms with Gasteiger partial charge in [-0.25, -0.2) is 0 Å². The van der Waals surface area contributed by atoms with Crippen LogP contribution in [0.15, 0.2) is 18.2 Å². The molecule has 1 heterocycles. The van der Waals surface area contributed by atoms with Crippen LogP contribution in [0, 0.1) is 0 Å². The first-order chi connectivity index (χ1) is 8.13. The lowest BCUT2D eigenvalue weighted by atomic mass is 10.2. The molecule has 1 atom stereocenters. The molecule has 1 aliphatic rings. The SMILES string of the molecule is CNC(=O)C1CCCN1c1ccc(N)c(N)c1. The molecule has 2 rings (SSSR count). The quantitative estimate of drug-likeness (QED) is 0.653. The Morgan fingerprint density at radius 3 is 2.82 bits per heavy atom. The summed E-state index contributed by atoms with van der Waals surface area (Å²) in [6.07, 6.45) is 1.90. The maximum Gasteiger partial charge on any atom is 0.242 e. The maximum atomic E-state index is 11.7. The number of hydrogen-bond acceptors (Lipinski definition) is 4. The first kappa shape index (κ1) is 11.6. The number of nitrogens with zero attached hydrogens (tertiary/aromatic N) is 1. The predicted molar refractivity (Wildman–Crippen MR) is 69.7 cm³/mol. The molecular weight excluding hydrogens is 216 g/mol. The van der Waals surface area contributed by atoms with Gasteiger partial charge >= 0.3 is 0 Å². The summed E-state index contributed by atoms with van der Waals surface area (Å²) in [6, 6.07) is 5.43. The molecule has 0 saturated carbocycles. The molecule has 17 heavy (non-hydrogen) atoms. The van der Waals surface area contributed by atoms with Crippen LogP contribution in [0.3, 0.4) is 0 Å². The van der Waals surface area contributed by atoms with E-state index in [-0.39, 0.29) is 11.9 Å². The van der Waals surface area contributed by atoms with E-state index >= 15 is 0 Å². The van der Waals surface area contributed by atoms with Crippen molar-refractivity contribution in [3.63, 3.8) is 0 Å². The Balaban J connectivity index is 2.26. The van der Waals surface area contributed by atoms with Crippen molar-refractivity contribution < 1.29 is 4.79 Å². The molecule has 1 fully saturated rings. The number of carbonyl (C=O) groups excluding carboxylic acids is 1. The zero-order valence-corrected chi connectivity index (χ0v) is 9.94. The summed E-state index contributed by atoms with van der Waals surface area (Å²) in [5, 5.41) is 2.70. The van der Waals surface area contributed by atoms with Crippen molar-refractivity contribution in [3.8, 4) is 0 Å². The van der Waals surface area contributed by atoms with Crippen LogP contribution in [0.4, 0.5) is 17.1 Å².